The molecule has 0 aromatic heterocycles. The minimum Gasteiger partial charge on any atom is -0.392 e. The van der Waals surface area contributed by atoms with Gasteiger partial charge in [0.25, 0.3) is 0 Å². The molecule has 1 unspecified atom stereocenters. The third kappa shape index (κ3) is 3.97. The lowest BCUT2D eigenvalue weighted by molar-refractivity contribution is 0.170. The van der Waals surface area contributed by atoms with E-state index in [4.69, 9.17) is 22.7 Å². The molecule has 0 aromatic rings. The van der Waals surface area contributed by atoms with Crippen molar-refractivity contribution in [1.82, 2.24) is 4.31 Å². The predicted octanol–water partition coefficient (Wildman–Crippen LogP) is 0.348. The molecule has 0 spiro atoms. The highest BCUT2D eigenvalue weighted by atomic mass is 32.2. The Kier molecular flexibility index (Phi) is 6.39. The quantitative estimate of drug-likeness (QED) is 0.674. The molecule has 0 aliphatic carbocycles. The SMILES string of the molecule is COCCN(C(C)C)S(=O)(=O)C(C)C(N)=S. The second-order valence-electron chi connectivity index (χ2n) is 3.79. The van der Waals surface area contributed by atoms with Crippen LogP contribution < -0.4 is 5.73 Å². The van der Waals surface area contributed by atoms with Crippen LogP contribution >= 0.6 is 12.2 Å². The van der Waals surface area contributed by atoms with Gasteiger partial charge >= 0.3 is 0 Å². The first-order valence-electron chi connectivity index (χ1n) is 5.04. The van der Waals surface area contributed by atoms with Gasteiger partial charge in [-0.25, -0.2) is 8.42 Å². The van der Waals surface area contributed by atoms with Gasteiger partial charge in [-0.15, -0.1) is 0 Å². The zero-order valence-electron chi connectivity index (χ0n) is 10.1. The summed E-state index contributed by atoms with van der Waals surface area (Å²) >= 11 is 4.73. The molecule has 0 aromatic carbocycles. The van der Waals surface area contributed by atoms with Gasteiger partial charge in [0, 0.05) is 19.7 Å². The molecule has 0 rings (SSSR count). The number of thiocarbonyl (C=S) groups is 1. The summed E-state index contributed by atoms with van der Waals surface area (Å²) in [6.45, 7) is 5.77. The van der Waals surface area contributed by atoms with Crippen molar-refractivity contribution in [2.75, 3.05) is 20.3 Å². The van der Waals surface area contributed by atoms with E-state index in [1.54, 1.807) is 13.8 Å². The van der Waals surface area contributed by atoms with Gasteiger partial charge in [0.15, 0.2) is 0 Å². The molecule has 5 nitrogen and oxygen atoms in total. The second kappa shape index (κ2) is 6.48. The van der Waals surface area contributed by atoms with Crippen molar-refractivity contribution in [2.24, 2.45) is 5.73 Å². The maximum absolute atomic E-state index is 12.1. The molecule has 1 atom stereocenters. The van der Waals surface area contributed by atoms with Crippen molar-refractivity contribution in [2.45, 2.75) is 32.1 Å². The molecular weight excluding hydrogens is 248 g/mol. The zero-order valence-corrected chi connectivity index (χ0v) is 11.8. The maximum Gasteiger partial charge on any atom is 0.223 e. The zero-order chi connectivity index (χ0) is 12.9. The number of hydrogen-bond acceptors (Lipinski definition) is 4. The molecule has 2 N–H and O–H groups in total. The highest BCUT2D eigenvalue weighted by molar-refractivity contribution is 7.92. The summed E-state index contributed by atoms with van der Waals surface area (Å²) in [5, 5.41) is -0.846. The van der Waals surface area contributed by atoms with E-state index in [0.29, 0.717) is 13.2 Å². The minimum absolute atomic E-state index is 0.0110. The molecule has 0 amide bonds. The van der Waals surface area contributed by atoms with Crippen LogP contribution in [0.15, 0.2) is 0 Å². The lowest BCUT2D eigenvalue weighted by atomic mass is 10.4. The summed E-state index contributed by atoms with van der Waals surface area (Å²) in [4.78, 5) is -0.0110. The Balaban J connectivity index is 4.97. The molecule has 0 fully saturated rings. The summed E-state index contributed by atoms with van der Waals surface area (Å²) in [6.07, 6.45) is 0. The fourth-order valence-electron chi connectivity index (χ4n) is 1.21. The molecule has 96 valence electrons. The Morgan fingerprint density at radius 3 is 2.25 bits per heavy atom. The van der Waals surface area contributed by atoms with Crippen LogP contribution in [0.2, 0.25) is 0 Å². The van der Waals surface area contributed by atoms with E-state index in [1.165, 1.54) is 18.3 Å². The van der Waals surface area contributed by atoms with Gasteiger partial charge in [-0.1, -0.05) is 12.2 Å². The molecular formula is C9H20N2O3S2. The number of sulfonamides is 1. The monoisotopic (exact) mass is 268 g/mol. The lowest BCUT2D eigenvalue weighted by Crippen LogP contribution is -2.47. The van der Waals surface area contributed by atoms with Crippen molar-refractivity contribution in [3.63, 3.8) is 0 Å². The number of methoxy groups -OCH3 is 1. The summed E-state index contributed by atoms with van der Waals surface area (Å²) < 4.78 is 30.5. The van der Waals surface area contributed by atoms with E-state index in [-0.39, 0.29) is 11.0 Å². The van der Waals surface area contributed by atoms with Crippen molar-refractivity contribution in [3.8, 4) is 0 Å². The molecule has 16 heavy (non-hydrogen) atoms. The van der Waals surface area contributed by atoms with Crippen LogP contribution in [-0.2, 0) is 14.8 Å². The minimum atomic E-state index is -3.48. The van der Waals surface area contributed by atoms with Crippen LogP contribution in [0.4, 0.5) is 0 Å². The molecule has 0 bridgehead atoms. The van der Waals surface area contributed by atoms with Gasteiger partial charge < -0.3 is 10.5 Å². The van der Waals surface area contributed by atoms with Gasteiger partial charge in [0.1, 0.15) is 5.25 Å². The molecule has 0 aliphatic rings. The summed E-state index contributed by atoms with van der Waals surface area (Å²) in [7, 11) is -1.95. The Morgan fingerprint density at radius 2 is 1.94 bits per heavy atom. The van der Waals surface area contributed by atoms with E-state index >= 15 is 0 Å². The van der Waals surface area contributed by atoms with E-state index in [2.05, 4.69) is 0 Å². The summed E-state index contributed by atoms with van der Waals surface area (Å²) in [5.74, 6) is 0. The Labute approximate surface area is 103 Å². The van der Waals surface area contributed by atoms with Crippen LogP contribution in [0.3, 0.4) is 0 Å². The highest BCUT2D eigenvalue weighted by Crippen LogP contribution is 2.13. The van der Waals surface area contributed by atoms with Crippen molar-refractivity contribution >= 4 is 27.2 Å². The smallest absolute Gasteiger partial charge is 0.223 e. The van der Waals surface area contributed by atoms with Crippen molar-refractivity contribution in [3.05, 3.63) is 0 Å². The van der Waals surface area contributed by atoms with Crippen molar-refractivity contribution in [1.29, 1.82) is 0 Å². The molecule has 7 heteroatoms. The number of ether oxygens (including phenoxy) is 1. The second-order valence-corrected chi connectivity index (χ2v) is 6.46. The van der Waals surface area contributed by atoms with Crippen molar-refractivity contribution < 1.29 is 13.2 Å². The van der Waals surface area contributed by atoms with E-state index < -0.39 is 15.3 Å². The van der Waals surface area contributed by atoms with Gasteiger partial charge in [-0.3, -0.25) is 0 Å². The normalized spacial score (nSPS) is 14.4. The number of hydrogen-bond donors (Lipinski definition) is 1. The summed E-state index contributed by atoms with van der Waals surface area (Å²) in [5.41, 5.74) is 5.38. The fraction of sp³-hybridized carbons (Fsp3) is 0.889. The Bertz CT molecular complexity index is 328. The van der Waals surface area contributed by atoms with Crippen LogP contribution in [-0.4, -0.2) is 49.3 Å². The van der Waals surface area contributed by atoms with Crippen LogP contribution in [0, 0.1) is 0 Å². The largest absolute Gasteiger partial charge is 0.392 e. The average Bonchev–Trinajstić information content (AvgIpc) is 2.16. The molecule has 0 aliphatic heterocycles. The fourth-order valence-corrected chi connectivity index (χ4v) is 3.19. The first-order chi connectivity index (χ1) is 7.25. The Hall–Kier alpha value is -0.240. The van der Waals surface area contributed by atoms with Gasteiger partial charge in [0.05, 0.1) is 11.6 Å². The predicted molar refractivity (Wildman–Crippen MR) is 68.9 cm³/mol. The standard InChI is InChI=1S/C9H20N2O3S2/c1-7(2)11(5-6-14-4)16(12,13)8(3)9(10)15/h7-8H,5-6H2,1-4H3,(H2,10,15). The van der Waals surface area contributed by atoms with Gasteiger partial charge in [-0.05, 0) is 20.8 Å². The number of nitrogens with two attached hydrogens (primary N) is 1. The molecule has 0 heterocycles. The summed E-state index contributed by atoms with van der Waals surface area (Å²) in [6, 6.07) is -0.142. The molecule has 0 saturated carbocycles. The third-order valence-electron chi connectivity index (χ3n) is 2.27. The van der Waals surface area contributed by atoms with E-state index in [9.17, 15) is 8.42 Å². The molecule has 0 saturated heterocycles. The highest BCUT2D eigenvalue weighted by Gasteiger charge is 2.32. The average molecular weight is 268 g/mol. The Morgan fingerprint density at radius 1 is 1.44 bits per heavy atom. The van der Waals surface area contributed by atoms with Gasteiger partial charge in [-0.2, -0.15) is 4.31 Å². The first-order valence-corrected chi connectivity index (χ1v) is 6.95. The maximum atomic E-state index is 12.1. The van der Waals surface area contributed by atoms with Gasteiger partial charge in [0.2, 0.25) is 10.0 Å². The van der Waals surface area contributed by atoms with Crippen LogP contribution in [0.25, 0.3) is 0 Å². The van der Waals surface area contributed by atoms with E-state index in [1.807, 2.05) is 0 Å². The van der Waals surface area contributed by atoms with E-state index in [0.717, 1.165) is 0 Å². The number of nitrogens with zero attached hydrogens (tertiary/aromatic N) is 1. The third-order valence-corrected chi connectivity index (χ3v) is 5.17. The van der Waals surface area contributed by atoms with Crippen LogP contribution in [0.5, 0.6) is 0 Å². The topological polar surface area (TPSA) is 72.6 Å². The van der Waals surface area contributed by atoms with Crippen LogP contribution in [0.1, 0.15) is 20.8 Å². The first kappa shape index (κ1) is 15.8. The lowest BCUT2D eigenvalue weighted by Gasteiger charge is -2.28. The number of rotatable bonds is 7. The molecule has 0 radical (unpaired) electrons.